The van der Waals surface area contributed by atoms with Crippen LogP contribution in [0.15, 0.2) is 12.4 Å². The van der Waals surface area contributed by atoms with Gasteiger partial charge in [0.1, 0.15) is 0 Å². The number of carbonyl (C=O) groups excluding carboxylic acids is 2. The van der Waals surface area contributed by atoms with Gasteiger partial charge in [0.2, 0.25) is 0 Å². The molecule has 0 bridgehead atoms. The summed E-state index contributed by atoms with van der Waals surface area (Å²) in [4.78, 5) is 22.8. The van der Waals surface area contributed by atoms with Crippen LogP contribution in [0.1, 0.15) is 23.2 Å². The minimum Gasteiger partial charge on any atom is -0.467 e. The molecule has 16 heavy (non-hydrogen) atoms. The van der Waals surface area contributed by atoms with Crippen LogP contribution in [0.25, 0.3) is 0 Å². The van der Waals surface area contributed by atoms with Crippen molar-refractivity contribution < 1.29 is 19.1 Å². The van der Waals surface area contributed by atoms with Gasteiger partial charge in [-0.1, -0.05) is 0 Å². The van der Waals surface area contributed by atoms with E-state index in [2.05, 4.69) is 9.84 Å². The first-order valence-corrected chi connectivity index (χ1v) is 4.86. The number of esters is 2. The van der Waals surface area contributed by atoms with E-state index in [0.717, 1.165) is 0 Å². The monoisotopic (exact) mass is 224 g/mol. The van der Waals surface area contributed by atoms with Gasteiger partial charge in [0.05, 0.1) is 26.0 Å². The predicted octanol–water partition coefficient (Wildman–Crippen LogP) is 0.332. The van der Waals surface area contributed by atoms with E-state index in [1.807, 2.05) is 0 Å². The number of rotatable bonds is 3. The van der Waals surface area contributed by atoms with E-state index in [-0.39, 0.29) is 5.97 Å². The summed E-state index contributed by atoms with van der Waals surface area (Å²) in [5.41, 5.74) is -0.376. The normalized spacial score (nSPS) is 16.6. The molecule has 6 heteroatoms. The Morgan fingerprint density at radius 2 is 2.06 bits per heavy atom. The van der Waals surface area contributed by atoms with Crippen molar-refractivity contribution in [3.63, 3.8) is 0 Å². The molecule has 0 unspecified atom stereocenters. The van der Waals surface area contributed by atoms with E-state index in [4.69, 9.17) is 4.74 Å². The molecule has 1 aliphatic carbocycles. The van der Waals surface area contributed by atoms with Gasteiger partial charge >= 0.3 is 11.9 Å². The van der Waals surface area contributed by atoms with Crippen molar-refractivity contribution in [2.24, 2.45) is 0 Å². The molecule has 0 N–H and O–H groups in total. The molecule has 0 saturated heterocycles. The SMILES string of the molecule is COC(=O)c1cnn(C2(C(=O)OC)CC2)c1. The van der Waals surface area contributed by atoms with E-state index in [1.165, 1.54) is 31.3 Å². The van der Waals surface area contributed by atoms with Gasteiger partial charge in [0.15, 0.2) is 5.54 Å². The average Bonchev–Trinajstić information content (AvgIpc) is 2.98. The lowest BCUT2D eigenvalue weighted by molar-refractivity contribution is -0.146. The van der Waals surface area contributed by atoms with Gasteiger partial charge < -0.3 is 9.47 Å². The molecule has 0 radical (unpaired) electrons. The highest BCUT2D eigenvalue weighted by molar-refractivity contribution is 5.89. The Morgan fingerprint density at radius 1 is 1.38 bits per heavy atom. The quantitative estimate of drug-likeness (QED) is 0.692. The molecule has 6 nitrogen and oxygen atoms in total. The Hall–Kier alpha value is -1.85. The fourth-order valence-corrected chi connectivity index (χ4v) is 1.62. The van der Waals surface area contributed by atoms with Gasteiger partial charge in [-0.3, -0.25) is 4.68 Å². The van der Waals surface area contributed by atoms with E-state index in [9.17, 15) is 9.59 Å². The lowest BCUT2D eigenvalue weighted by Gasteiger charge is -2.12. The summed E-state index contributed by atoms with van der Waals surface area (Å²) in [5.74, 6) is -0.793. The summed E-state index contributed by atoms with van der Waals surface area (Å²) in [6, 6.07) is 0. The van der Waals surface area contributed by atoms with Gasteiger partial charge in [0.25, 0.3) is 0 Å². The summed E-state index contributed by atoms with van der Waals surface area (Å²) in [7, 11) is 2.64. The molecule has 1 aromatic heterocycles. The maximum absolute atomic E-state index is 11.5. The second kappa shape index (κ2) is 3.62. The van der Waals surface area contributed by atoms with E-state index >= 15 is 0 Å². The Kier molecular flexibility index (Phi) is 2.41. The van der Waals surface area contributed by atoms with Crippen molar-refractivity contribution in [2.45, 2.75) is 18.4 Å². The zero-order chi connectivity index (χ0) is 11.8. The minimum absolute atomic E-state index is 0.327. The summed E-state index contributed by atoms with van der Waals surface area (Å²) >= 11 is 0. The van der Waals surface area contributed by atoms with Gasteiger partial charge in [-0.2, -0.15) is 5.10 Å². The first-order valence-electron chi connectivity index (χ1n) is 4.86. The number of nitrogens with zero attached hydrogens (tertiary/aromatic N) is 2. The summed E-state index contributed by atoms with van der Waals surface area (Å²) in [6.07, 6.45) is 4.26. The fraction of sp³-hybridized carbons (Fsp3) is 0.500. The van der Waals surface area contributed by atoms with Crippen molar-refractivity contribution >= 4 is 11.9 Å². The van der Waals surface area contributed by atoms with Crippen molar-refractivity contribution in [1.82, 2.24) is 9.78 Å². The smallest absolute Gasteiger partial charge is 0.341 e. The molecular formula is C10H12N2O4. The second-order valence-corrected chi connectivity index (χ2v) is 3.69. The third kappa shape index (κ3) is 1.46. The van der Waals surface area contributed by atoms with Crippen LogP contribution in [0.4, 0.5) is 0 Å². The van der Waals surface area contributed by atoms with Crippen LogP contribution in [-0.2, 0) is 19.8 Å². The van der Waals surface area contributed by atoms with E-state index in [1.54, 1.807) is 0 Å². The average molecular weight is 224 g/mol. The molecule has 1 heterocycles. The number of aromatic nitrogens is 2. The first-order chi connectivity index (χ1) is 7.64. The topological polar surface area (TPSA) is 70.4 Å². The van der Waals surface area contributed by atoms with E-state index < -0.39 is 11.5 Å². The molecule has 1 aliphatic rings. The van der Waals surface area contributed by atoms with Gasteiger partial charge in [-0.25, -0.2) is 9.59 Å². The second-order valence-electron chi connectivity index (χ2n) is 3.69. The van der Waals surface area contributed by atoms with Crippen LogP contribution < -0.4 is 0 Å². The van der Waals surface area contributed by atoms with Crippen LogP contribution >= 0.6 is 0 Å². The largest absolute Gasteiger partial charge is 0.467 e. The first kappa shape index (κ1) is 10.7. The molecule has 1 saturated carbocycles. The lowest BCUT2D eigenvalue weighted by Crippen LogP contribution is -2.29. The van der Waals surface area contributed by atoms with Crippen LogP contribution in [-0.4, -0.2) is 35.9 Å². The number of carbonyl (C=O) groups is 2. The number of methoxy groups -OCH3 is 2. The molecule has 0 amide bonds. The third-order valence-electron chi connectivity index (χ3n) is 2.73. The molecule has 1 aromatic rings. The highest BCUT2D eigenvalue weighted by atomic mass is 16.5. The van der Waals surface area contributed by atoms with Crippen molar-refractivity contribution in [1.29, 1.82) is 0 Å². The Morgan fingerprint density at radius 3 is 2.56 bits per heavy atom. The Balaban J connectivity index is 2.26. The van der Waals surface area contributed by atoms with Crippen molar-refractivity contribution in [3.8, 4) is 0 Å². The molecule has 0 spiro atoms. The van der Waals surface area contributed by atoms with Gasteiger partial charge in [-0.05, 0) is 12.8 Å². The zero-order valence-electron chi connectivity index (χ0n) is 9.10. The summed E-state index contributed by atoms with van der Waals surface area (Å²) in [6.45, 7) is 0. The Bertz CT molecular complexity index is 434. The minimum atomic E-state index is -0.707. The molecule has 0 aliphatic heterocycles. The van der Waals surface area contributed by atoms with Crippen LogP contribution in [0.2, 0.25) is 0 Å². The summed E-state index contributed by atoms with van der Waals surface area (Å²) < 4.78 is 10.8. The molecule has 0 aromatic carbocycles. The van der Waals surface area contributed by atoms with Crippen molar-refractivity contribution in [3.05, 3.63) is 18.0 Å². The fourth-order valence-electron chi connectivity index (χ4n) is 1.62. The van der Waals surface area contributed by atoms with Crippen molar-refractivity contribution in [2.75, 3.05) is 14.2 Å². The number of hydrogen-bond donors (Lipinski definition) is 0. The summed E-state index contributed by atoms with van der Waals surface area (Å²) in [5, 5.41) is 4.00. The number of hydrogen-bond acceptors (Lipinski definition) is 5. The lowest BCUT2D eigenvalue weighted by atomic mass is 10.3. The predicted molar refractivity (Wildman–Crippen MR) is 52.8 cm³/mol. The standard InChI is InChI=1S/C10H12N2O4/c1-15-8(13)7-5-11-12(6-7)10(3-4-10)9(14)16-2/h5-6H,3-4H2,1-2H3. The maximum Gasteiger partial charge on any atom is 0.341 e. The Labute approximate surface area is 92.1 Å². The number of ether oxygens (including phenoxy) is 2. The maximum atomic E-state index is 11.5. The highest BCUT2D eigenvalue weighted by Gasteiger charge is 2.54. The zero-order valence-corrected chi connectivity index (χ0v) is 9.10. The molecule has 86 valence electrons. The molecule has 0 atom stereocenters. The third-order valence-corrected chi connectivity index (χ3v) is 2.73. The van der Waals surface area contributed by atoms with Crippen LogP contribution in [0.5, 0.6) is 0 Å². The van der Waals surface area contributed by atoms with Crippen LogP contribution in [0.3, 0.4) is 0 Å². The van der Waals surface area contributed by atoms with Gasteiger partial charge in [0, 0.05) is 6.20 Å². The van der Waals surface area contributed by atoms with E-state index in [0.29, 0.717) is 18.4 Å². The molecular weight excluding hydrogens is 212 g/mol. The van der Waals surface area contributed by atoms with Crippen LogP contribution in [0, 0.1) is 0 Å². The highest BCUT2D eigenvalue weighted by Crippen LogP contribution is 2.44. The van der Waals surface area contributed by atoms with Gasteiger partial charge in [-0.15, -0.1) is 0 Å². The molecule has 2 rings (SSSR count). The molecule has 1 fully saturated rings.